The molecule has 0 saturated carbocycles. The van der Waals surface area contributed by atoms with Gasteiger partial charge in [0.25, 0.3) is 0 Å². The van der Waals surface area contributed by atoms with Crippen LogP contribution in [0, 0.1) is 5.41 Å². The van der Waals surface area contributed by atoms with Gasteiger partial charge >= 0.3 is 17.9 Å². The fraction of sp³-hybridized carbons (Fsp3) is 0.500. The zero-order chi connectivity index (χ0) is 16.0. The fourth-order valence-electron chi connectivity index (χ4n) is 2.13. The first-order valence-corrected chi connectivity index (χ1v) is 6.21. The summed E-state index contributed by atoms with van der Waals surface area (Å²) in [6.45, 7) is 4.76. The summed E-state index contributed by atoms with van der Waals surface area (Å²) in [7, 11) is 2.32. The second-order valence-corrected chi connectivity index (χ2v) is 4.37. The van der Waals surface area contributed by atoms with Crippen molar-refractivity contribution in [2.24, 2.45) is 5.41 Å². The van der Waals surface area contributed by atoms with E-state index in [9.17, 15) is 14.4 Å². The average Bonchev–Trinajstić information content (AvgIpc) is 2.90. The molecule has 0 aliphatic carbocycles. The van der Waals surface area contributed by atoms with Crippen LogP contribution in [-0.2, 0) is 33.3 Å². The third-order valence-electron chi connectivity index (χ3n) is 3.06. The molecular weight excluding hydrogens is 280 g/mol. The second kappa shape index (κ2) is 7.03. The van der Waals surface area contributed by atoms with Crippen LogP contribution in [0.4, 0.5) is 0 Å². The number of ether oxygens (including phenoxy) is 4. The second-order valence-electron chi connectivity index (χ2n) is 4.37. The van der Waals surface area contributed by atoms with Gasteiger partial charge in [0, 0.05) is 6.92 Å². The lowest BCUT2D eigenvalue weighted by Gasteiger charge is -2.31. The normalized spacial score (nSPS) is 20.7. The lowest BCUT2D eigenvalue weighted by Crippen LogP contribution is -2.50. The van der Waals surface area contributed by atoms with E-state index in [4.69, 9.17) is 18.9 Å². The highest BCUT2D eigenvalue weighted by Gasteiger charge is 2.55. The minimum atomic E-state index is -1.73. The van der Waals surface area contributed by atoms with Crippen molar-refractivity contribution >= 4 is 17.9 Å². The lowest BCUT2D eigenvalue weighted by atomic mass is 9.78. The summed E-state index contributed by atoms with van der Waals surface area (Å²) < 4.78 is 19.7. The number of allylic oxidation sites excluding steroid dienone is 1. The van der Waals surface area contributed by atoms with Crippen molar-refractivity contribution in [3.63, 3.8) is 0 Å². The molecule has 0 amide bonds. The SMILES string of the molecule is C=CCC(C(=O)OC)(C(=O)OC)[C@@H]1C=C[C@H](OC(C)=O)O1. The summed E-state index contributed by atoms with van der Waals surface area (Å²) in [5, 5.41) is 0. The largest absolute Gasteiger partial charge is 0.468 e. The summed E-state index contributed by atoms with van der Waals surface area (Å²) in [5.41, 5.74) is -1.73. The van der Waals surface area contributed by atoms with E-state index >= 15 is 0 Å². The Bertz CT molecular complexity index is 450. The van der Waals surface area contributed by atoms with Crippen molar-refractivity contribution in [2.75, 3.05) is 14.2 Å². The summed E-state index contributed by atoms with van der Waals surface area (Å²) >= 11 is 0. The number of carbonyl (C=O) groups is 3. The zero-order valence-corrected chi connectivity index (χ0v) is 12.2. The van der Waals surface area contributed by atoms with E-state index in [1.807, 2.05) is 0 Å². The lowest BCUT2D eigenvalue weighted by molar-refractivity contribution is -0.192. The molecule has 0 fully saturated rings. The van der Waals surface area contributed by atoms with Crippen LogP contribution in [0.2, 0.25) is 0 Å². The monoisotopic (exact) mass is 298 g/mol. The van der Waals surface area contributed by atoms with Gasteiger partial charge in [0.15, 0.2) is 5.41 Å². The molecule has 7 nitrogen and oxygen atoms in total. The van der Waals surface area contributed by atoms with E-state index in [-0.39, 0.29) is 6.42 Å². The summed E-state index contributed by atoms with van der Waals surface area (Å²) in [4.78, 5) is 35.2. The van der Waals surface area contributed by atoms with Gasteiger partial charge in [0.05, 0.1) is 14.2 Å². The van der Waals surface area contributed by atoms with Crippen LogP contribution < -0.4 is 0 Å². The number of carbonyl (C=O) groups excluding carboxylic acids is 3. The maximum atomic E-state index is 12.1. The third kappa shape index (κ3) is 3.30. The number of esters is 3. The molecule has 0 aromatic heterocycles. The molecule has 1 aliphatic rings. The smallest absolute Gasteiger partial charge is 0.326 e. The highest BCUT2D eigenvalue weighted by atomic mass is 16.7. The molecule has 21 heavy (non-hydrogen) atoms. The topological polar surface area (TPSA) is 88.1 Å². The highest BCUT2D eigenvalue weighted by Crippen LogP contribution is 2.37. The third-order valence-corrected chi connectivity index (χ3v) is 3.06. The first-order valence-electron chi connectivity index (χ1n) is 6.21. The molecule has 2 atom stereocenters. The molecular formula is C14H18O7. The molecule has 1 rings (SSSR count). The van der Waals surface area contributed by atoms with Gasteiger partial charge in [0.1, 0.15) is 6.10 Å². The minimum Gasteiger partial charge on any atom is -0.468 e. The molecule has 0 radical (unpaired) electrons. The van der Waals surface area contributed by atoms with E-state index in [0.717, 1.165) is 14.2 Å². The Labute approximate surface area is 122 Å². The van der Waals surface area contributed by atoms with Crippen molar-refractivity contribution < 1.29 is 33.3 Å². The summed E-state index contributed by atoms with van der Waals surface area (Å²) in [6, 6.07) is 0. The van der Waals surface area contributed by atoms with Crippen molar-refractivity contribution in [1.82, 2.24) is 0 Å². The van der Waals surface area contributed by atoms with Crippen molar-refractivity contribution in [3.05, 3.63) is 24.8 Å². The van der Waals surface area contributed by atoms with Crippen LogP contribution in [0.15, 0.2) is 24.8 Å². The van der Waals surface area contributed by atoms with Gasteiger partial charge in [-0.2, -0.15) is 0 Å². The number of methoxy groups -OCH3 is 2. The molecule has 1 heterocycles. The molecule has 0 unspecified atom stereocenters. The summed E-state index contributed by atoms with van der Waals surface area (Å²) in [5.74, 6) is -2.17. The van der Waals surface area contributed by atoms with Crippen LogP contribution >= 0.6 is 0 Å². The van der Waals surface area contributed by atoms with Crippen LogP contribution in [0.5, 0.6) is 0 Å². The quantitative estimate of drug-likeness (QED) is 0.309. The van der Waals surface area contributed by atoms with Crippen LogP contribution in [-0.4, -0.2) is 44.5 Å². The van der Waals surface area contributed by atoms with Gasteiger partial charge in [-0.15, -0.1) is 6.58 Å². The van der Waals surface area contributed by atoms with Crippen LogP contribution in [0.1, 0.15) is 13.3 Å². The highest BCUT2D eigenvalue weighted by molar-refractivity contribution is 6.01. The molecule has 0 bridgehead atoms. The van der Waals surface area contributed by atoms with E-state index in [1.165, 1.54) is 25.2 Å². The van der Waals surface area contributed by atoms with Crippen LogP contribution in [0.25, 0.3) is 0 Å². The Balaban J connectivity index is 3.11. The van der Waals surface area contributed by atoms with Gasteiger partial charge in [0.2, 0.25) is 6.29 Å². The van der Waals surface area contributed by atoms with E-state index in [1.54, 1.807) is 0 Å². The average molecular weight is 298 g/mol. The predicted octanol–water partition coefficient (Wildman–Crippen LogP) is 0.739. The Morgan fingerprint density at radius 2 is 1.81 bits per heavy atom. The van der Waals surface area contributed by atoms with Gasteiger partial charge in [-0.25, -0.2) is 0 Å². The molecule has 1 aliphatic heterocycles. The standard InChI is InChI=1S/C14H18O7/c1-5-8-14(12(16)18-3,13(17)19-4)10-6-7-11(21-10)20-9(2)15/h5-7,10-11H,1,8H2,2-4H3/t10-,11+/m0/s1. The Hall–Kier alpha value is -2.15. The van der Waals surface area contributed by atoms with E-state index < -0.39 is 35.7 Å². The first kappa shape index (κ1) is 16.9. The van der Waals surface area contributed by atoms with Crippen LogP contribution in [0.3, 0.4) is 0 Å². The number of hydrogen-bond donors (Lipinski definition) is 0. The van der Waals surface area contributed by atoms with Gasteiger partial charge < -0.3 is 18.9 Å². The molecule has 0 saturated heterocycles. The Morgan fingerprint density at radius 1 is 1.24 bits per heavy atom. The minimum absolute atomic E-state index is 0.0475. The van der Waals surface area contributed by atoms with E-state index in [2.05, 4.69) is 6.58 Å². The molecule has 0 spiro atoms. The maximum Gasteiger partial charge on any atom is 0.326 e. The molecule has 0 N–H and O–H groups in total. The summed E-state index contributed by atoms with van der Waals surface area (Å²) in [6.07, 6.45) is 2.30. The number of rotatable bonds is 6. The number of hydrogen-bond acceptors (Lipinski definition) is 7. The van der Waals surface area contributed by atoms with Gasteiger partial charge in [-0.3, -0.25) is 14.4 Å². The molecule has 116 valence electrons. The van der Waals surface area contributed by atoms with Crippen molar-refractivity contribution in [2.45, 2.75) is 25.7 Å². The fourth-order valence-corrected chi connectivity index (χ4v) is 2.13. The van der Waals surface area contributed by atoms with Crippen molar-refractivity contribution in [1.29, 1.82) is 0 Å². The van der Waals surface area contributed by atoms with Gasteiger partial charge in [-0.1, -0.05) is 12.2 Å². The molecule has 0 aromatic carbocycles. The first-order chi connectivity index (χ1) is 9.92. The Kier molecular flexibility index (Phi) is 5.66. The van der Waals surface area contributed by atoms with Gasteiger partial charge in [-0.05, 0) is 12.5 Å². The zero-order valence-electron chi connectivity index (χ0n) is 12.2. The molecule has 0 aromatic rings. The molecule has 7 heteroatoms. The predicted molar refractivity (Wildman–Crippen MR) is 70.8 cm³/mol. The van der Waals surface area contributed by atoms with E-state index in [0.29, 0.717) is 0 Å². The maximum absolute atomic E-state index is 12.1. The van der Waals surface area contributed by atoms with Crippen molar-refractivity contribution in [3.8, 4) is 0 Å². The Morgan fingerprint density at radius 3 is 2.24 bits per heavy atom.